The number of carbonyl (C=O) groups is 1. The number of esters is 1. The number of ether oxygens (including phenoxy) is 1. The Labute approximate surface area is 140 Å². The third kappa shape index (κ3) is 3.50. The summed E-state index contributed by atoms with van der Waals surface area (Å²) in [5.74, 6) is -0.828. The fourth-order valence-electron chi connectivity index (χ4n) is 2.48. The van der Waals surface area contributed by atoms with Crippen molar-refractivity contribution in [3.63, 3.8) is 0 Å². The molecule has 1 aromatic heterocycles. The Morgan fingerprint density at radius 3 is 2.83 bits per heavy atom. The molecule has 0 bridgehead atoms. The van der Waals surface area contributed by atoms with Crippen molar-refractivity contribution in [2.75, 3.05) is 6.61 Å². The Bertz CT molecular complexity index is 857. The van der Waals surface area contributed by atoms with Crippen LogP contribution in [0.5, 0.6) is 0 Å². The van der Waals surface area contributed by atoms with E-state index in [1.54, 1.807) is 6.92 Å². The van der Waals surface area contributed by atoms with Crippen molar-refractivity contribution in [2.24, 2.45) is 0 Å². The highest BCUT2D eigenvalue weighted by Gasteiger charge is 2.22. The van der Waals surface area contributed by atoms with Crippen LogP contribution in [-0.2, 0) is 34.4 Å². The Morgan fingerprint density at radius 2 is 2.04 bits per heavy atom. The second-order valence-electron chi connectivity index (χ2n) is 5.37. The molecule has 0 radical (unpaired) electrons. The molecule has 1 aliphatic heterocycles. The van der Waals surface area contributed by atoms with Gasteiger partial charge in [-0.15, -0.1) is 0 Å². The summed E-state index contributed by atoms with van der Waals surface area (Å²) in [5.41, 5.74) is 3.26. The summed E-state index contributed by atoms with van der Waals surface area (Å²) < 4.78 is 36.9. The van der Waals surface area contributed by atoms with Crippen LogP contribution in [0.4, 0.5) is 0 Å². The second kappa shape index (κ2) is 6.76. The van der Waals surface area contributed by atoms with Crippen molar-refractivity contribution in [3.8, 4) is 0 Å². The number of rotatable bonds is 6. The summed E-state index contributed by atoms with van der Waals surface area (Å²) in [7, 11) is -3.84. The summed E-state index contributed by atoms with van der Waals surface area (Å²) in [4.78, 5) is 11.5. The number of hydrogen-bond donors (Lipinski definition) is 2. The fourth-order valence-corrected chi connectivity index (χ4v) is 3.43. The zero-order chi connectivity index (χ0) is 17.2. The van der Waals surface area contributed by atoms with Crippen molar-refractivity contribution < 1.29 is 22.4 Å². The van der Waals surface area contributed by atoms with Gasteiger partial charge in [-0.25, -0.2) is 17.9 Å². The number of fused-ring (bicyclic) bond motifs is 1. The maximum absolute atomic E-state index is 12.3. The van der Waals surface area contributed by atoms with E-state index in [4.69, 9.17) is 9.15 Å². The van der Waals surface area contributed by atoms with Crippen molar-refractivity contribution in [3.05, 3.63) is 52.8 Å². The number of carbonyl (C=O) groups excluding carboxylic acids is 1. The molecular weight excluding hydrogens is 332 g/mol. The highest BCUT2D eigenvalue weighted by Crippen LogP contribution is 2.18. The zero-order valence-corrected chi connectivity index (χ0v) is 14.0. The first-order valence-electron chi connectivity index (χ1n) is 7.57. The van der Waals surface area contributed by atoms with E-state index in [0.29, 0.717) is 0 Å². The minimum atomic E-state index is -3.84. The maximum Gasteiger partial charge on any atom is 0.374 e. The van der Waals surface area contributed by atoms with Crippen LogP contribution in [-0.4, -0.2) is 21.0 Å². The topological polar surface area (TPSA) is 97.6 Å². The van der Waals surface area contributed by atoms with Crippen LogP contribution in [0.3, 0.4) is 0 Å². The fraction of sp³-hybridized carbons (Fsp3) is 0.312. The SMILES string of the molecule is CCOC(=O)c1ccc(S(=O)(=O)NCc2ccc3c(c2)CNC3)o1. The van der Waals surface area contributed by atoms with Crippen molar-refractivity contribution >= 4 is 16.0 Å². The molecule has 0 saturated carbocycles. The number of sulfonamides is 1. The number of benzene rings is 1. The lowest BCUT2D eigenvalue weighted by atomic mass is 10.1. The first-order valence-corrected chi connectivity index (χ1v) is 9.06. The van der Waals surface area contributed by atoms with Crippen molar-refractivity contribution in [1.82, 2.24) is 10.0 Å². The van der Waals surface area contributed by atoms with Gasteiger partial charge in [-0.3, -0.25) is 0 Å². The average Bonchev–Trinajstić information content (AvgIpc) is 3.22. The lowest BCUT2D eigenvalue weighted by molar-refractivity contribution is 0.0484. The van der Waals surface area contributed by atoms with Gasteiger partial charge in [-0.1, -0.05) is 18.2 Å². The molecule has 0 atom stereocenters. The lowest BCUT2D eigenvalue weighted by Gasteiger charge is -2.06. The summed E-state index contributed by atoms with van der Waals surface area (Å²) in [6.45, 7) is 3.62. The first-order chi connectivity index (χ1) is 11.5. The maximum atomic E-state index is 12.3. The van der Waals surface area contributed by atoms with Gasteiger partial charge >= 0.3 is 5.97 Å². The van der Waals surface area contributed by atoms with Crippen LogP contribution in [0.15, 0.2) is 39.8 Å². The van der Waals surface area contributed by atoms with Crippen molar-refractivity contribution in [1.29, 1.82) is 0 Å². The standard InChI is InChI=1S/C16H18N2O5S/c1-2-22-16(19)14-5-6-15(23-14)24(20,21)18-8-11-3-4-12-9-17-10-13(12)7-11/h3-7,17-18H,2,8-10H2,1H3. The van der Waals surface area contributed by atoms with Crippen LogP contribution >= 0.6 is 0 Å². The monoisotopic (exact) mass is 350 g/mol. The summed E-state index contributed by atoms with van der Waals surface area (Å²) in [6.07, 6.45) is 0. The van der Waals surface area contributed by atoms with E-state index in [0.717, 1.165) is 18.7 Å². The Kier molecular flexibility index (Phi) is 4.70. The molecule has 8 heteroatoms. The van der Waals surface area contributed by atoms with E-state index in [9.17, 15) is 13.2 Å². The summed E-state index contributed by atoms with van der Waals surface area (Å²) >= 11 is 0. The predicted molar refractivity (Wildman–Crippen MR) is 85.7 cm³/mol. The molecule has 2 heterocycles. The molecule has 0 spiro atoms. The average molecular weight is 350 g/mol. The largest absolute Gasteiger partial charge is 0.460 e. The third-order valence-corrected chi connectivity index (χ3v) is 4.96. The van der Waals surface area contributed by atoms with E-state index in [-0.39, 0.29) is 24.0 Å². The molecule has 1 aliphatic rings. The molecule has 0 amide bonds. The van der Waals surface area contributed by atoms with Gasteiger partial charge in [0.2, 0.25) is 10.9 Å². The van der Waals surface area contributed by atoms with E-state index in [1.807, 2.05) is 18.2 Å². The molecule has 128 valence electrons. The van der Waals surface area contributed by atoms with Crippen LogP contribution in [0.1, 0.15) is 34.2 Å². The highest BCUT2D eigenvalue weighted by molar-refractivity contribution is 7.89. The number of hydrogen-bond acceptors (Lipinski definition) is 6. The molecule has 3 rings (SSSR count). The minimum absolute atomic E-state index is 0.138. The van der Waals surface area contributed by atoms with Crippen LogP contribution in [0.25, 0.3) is 0 Å². The molecule has 2 aromatic rings. The van der Waals surface area contributed by atoms with Crippen molar-refractivity contribution in [2.45, 2.75) is 31.7 Å². The molecule has 7 nitrogen and oxygen atoms in total. The molecule has 0 aliphatic carbocycles. The van der Waals surface area contributed by atoms with Gasteiger partial charge < -0.3 is 14.5 Å². The molecular formula is C16H18N2O5S. The Morgan fingerprint density at radius 1 is 1.25 bits per heavy atom. The molecule has 0 unspecified atom stereocenters. The smallest absolute Gasteiger partial charge is 0.374 e. The zero-order valence-electron chi connectivity index (χ0n) is 13.2. The Hall–Kier alpha value is -2.16. The first kappa shape index (κ1) is 16.7. The predicted octanol–water partition coefficient (Wildman–Crippen LogP) is 1.54. The van der Waals surface area contributed by atoms with Gasteiger partial charge in [0.1, 0.15) is 0 Å². The Balaban J connectivity index is 1.69. The van der Waals surface area contributed by atoms with Gasteiger partial charge in [0.25, 0.3) is 10.0 Å². The minimum Gasteiger partial charge on any atom is -0.460 e. The van der Waals surface area contributed by atoms with E-state index < -0.39 is 16.0 Å². The van der Waals surface area contributed by atoms with Gasteiger partial charge in [-0.2, -0.15) is 0 Å². The van der Waals surface area contributed by atoms with E-state index >= 15 is 0 Å². The quantitative estimate of drug-likeness (QED) is 0.767. The lowest BCUT2D eigenvalue weighted by Crippen LogP contribution is -2.23. The van der Waals surface area contributed by atoms with E-state index in [1.165, 1.54) is 23.3 Å². The molecule has 0 fully saturated rings. The van der Waals surface area contributed by atoms with E-state index in [2.05, 4.69) is 10.0 Å². The van der Waals surface area contributed by atoms with Crippen LogP contribution in [0.2, 0.25) is 0 Å². The molecule has 2 N–H and O–H groups in total. The van der Waals surface area contributed by atoms with Gasteiger partial charge in [0, 0.05) is 19.6 Å². The summed E-state index contributed by atoms with van der Waals surface area (Å²) in [6, 6.07) is 8.38. The van der Waals surface area contributed by atoms with Gasteiger partial charge in [0.05, 0.1) is 6.61 Å². The molecule has 24 heavy (non-hydrogen) atoms. The second-order valence-corrected chi connectivity index (χ2v) is 7.07. The number of furan rings is 1. The third-order valence-electron chi connectivity index (χ3n) is 3.69. The highest BCUT2D eigenvalue weighted by atomic mass is 32.2. The molecule has 0 saturated heterocycles. The molecule has 1 aromatic carbocycles. The summed E-state index contributed by atoms with van der Waals surface area (Å²) in [5, 5.41) is 2.93. The number of nitrogens with one attached hydrogen (secondary N) is 2. The normalized spacial score (nSPS) is 13.7. The van der Waals surface area contributed by atoms with Gasteiger partial charge in [-0.05, 0) is 35.7 Å². The van der Waals surface area contributed by atoms with Crippen LogP contribution < -0.4 is 10.0 Å². The van der Waals surface area contributed by atoms with Crippen LogP contribution in [0, 0.1) is 0 Å². The van der Waals surface area contributed by atoms with Gasteiger partial charge in [0.15, 0.2) is 0 Å².